The van der Waals surface area contributed by atoms with Crippen molar-refractivity contribution in [1.29, 1.82) is 21.0 Å². The van der Waals surface area contributed by atoms with Gasteiger partial charge in [-0.3, -0.25) is 0 Å². The zero-order chi connectivity index (χ0) is 22.6. The first-order valence-electron chi connectivity index (χ1n) is 9.66. The average molecular weight is 414 g/mol. The Morgan fingerprint density at radius 2 is 1.28 bits per heavy atom. The lowest BCUT2D eigenvalue weighted by Gasteiger charge is -2.17. The highest BCUT2D eigenvalue weighted by Crippen LogP contribution is 2.46. The molecule has 0 fully saturated rings. The number of nitrogens with one attached hydrogen (secondary N) is 2. The second-order valence-electron chi connectivity index (χ2n) is 7.48. The molecular formula is C24H14N8. The molecule has 2 aliphatic heterocycles. The number of rotatable bonds is 0. The van der Waals surface area contributed by atoms with E-state index >= 15 is 0 Å². The van der Waals surface area contributed by atoms with E-state index in [9.17, 15) is 21.0 Å². The predicted octanol–water partition coefficient (Wildman–Crippen LogP) is 4.23. The Bertz CT molecular complexity index is 1570. The minimum atomic E-state index is 0.0215. The average Bonchev–Trinajstić information content (AvgIpc) is 3.31. The molecule has 3 aromatic carbocycles. The van der Waals surface area contributed by atoms with Gasteiger partial charge in [0.1, 0.15) is 35.9 Å². The molecule has 5 rings (SSSR count). The van der Waals surface area contributed by atoms with Gasteiger partial charge in [0.05, 0.1) is 22.7 Å². The number of nitriles is 4. The van der Waals surface area contributed by atoms with Crippen LogP contribution in [0.4, 0.5) is 22.7 Å². The Hall–Kier alpha value is -5.18. The van der Waals surface area contributed by atoms with Gasteiger partial charge < -0.3 is 20.4 Å². The van der Waals surface area contributed by atoms with Gasteiger partial charge in [0.2, 0.25) is 0 Å². The molecule has 8 nitrogen and oxygen atoms in total. The number of allylic oxidation sites excluding steroid dienone is 2. The summed E-state index contributed by atoms with van der Waals surface area (Å²) >= 11 is 0. The summed E-state index contributed by atoms with van der Waals surface area (Å²) in [5.41, 5.74) is 3.46. The minimum absolute atomic E-state index is 0.0215. The van der Waals surface area contributed by atoms with E-state index in [4.69, 9.17) is 0 Å². The van der Waals surface area contributed by atoms with Crippen molar-refractivity contribution in [3.8, 4) is 24.3 Å². The van der Waals surface area contributed by atoms with Crippen LogP contribution in [0.5, 0.6) is 0 Å². The third-order valence-electron chi connectivity index (χ3n) is 5.90. The van der Waals surface area contributed by atoms with Gasteiger partial charge in [-0.05, 0) is 34.4 Å². The van der Waals surface area contributed by atoms with Crippen molar-refractivity contribution in [2.45, 2.75) is 0 Å². The topological polar surface area (TPSA) is 126 Å². The lowest BCUT2D eigenvalue weighted by atomic mass is 9.99. The summed E-state index contributed by atoms with van der Waals surface area (Å²) in [4.78, 5) is 3.64. The molecule has 0 unspecified atom stereocenters. The fourth-order valence-electron chi connectivity index (χ4n) is 4.38. The first kappa shape index (κ1) is 18.8. The Kier molecular flexibility index (Phi) is 3.93. The van der Waals surface area contributed by atoms with Crippen molar-refractivity contribution < 1.29 is 0 Å². The summed E-state index contributed by atoms with van der Waals surface area (Å²) in [5.74, 6) is 0.926. The van der Waals surface area contributed by atoms with Crippen LogP contribution in [0.1, 0.15) is 0 Å². The maximum absolute atomic E-state index is 9.30. The van der Waals surface area contributed by atoms with E-state index in [0.29, 0.717) is 11.6 Å². The van der Waals surface area contributed by atoms with E-state index in [-0.39, 0.29) is 11.1 Å². The molecule has 2 N–H and O–H groups in total. The number of benzene rings is 3. The molecule has 32 heavy (non-hydrogen) atoms. The largest absolute Gasteiger partial charge is 0.338 e. The Balaban J connectivity index is 1.74. The van der Waals surface area contributed by atoms with E-state index < -0.39 is 0 Å². The van der Waals surface area contributed by atoms with Gasteiger partial charge in [-0.15, -0.1) is 0 Å². The SMILES string of the molecule is CN1C(=C(C#N)C#N)Nc2cc3ccc4c5c(ccc4c3cc21)NC(=C(C#N)C#N)N5C. The Morgan fingerprint density at radius 1 is 0.688 bits per heavy atom. The predicted molar refractivity (Wildman–Crippen MR) is 122 cm³/mol. The van der Waals surface area contributed by atoms with Gasteiger partial charge in [0, 0.05) is 19.5 Å². The van der Waals surface area contributed by atoms with Crippen LogP contribution in [0, 0.1) is 45.3 Å². The maximum Gasteiger partial charge on any atom is 0.170 e. The second kappa shape index (κ2) is 6.67. The smallest absolute Gasteiger partial charge is 0.170 e. The zero-order valence-electron chi connectivity index (χ0n) is 17.1. The highest BCUT2D eigenvalue weighted by atomic mass is 15.3. The van der Waals surface area contributed by atoms with Crippen LogP contribution in [0.3, 0.4) is 0 Å². The molecule has 2 heterocycles. The zero-order valence-corrected chi connectivity index (χ0v) is 17.1. The first-order valence-corrected chi connectivity index (χ1v) is 9.66. The van der Waals surface area contributed by atoms with Gasteiger partial charge in [0.25, 0.3) is 0 Å². The second-order valence-corrected chi connectivity index (χ2v) is 7.48. The van der Waals surface area contributed by atoms with Crippen LogP contribution in [0.2, 0.25) is 0 Å². The molecule has 0 amide bonds. The summed E-state index contributed by atoms with van der Waals surface area (Å²) in [7, 11) is 3.65. The molecule has 0 atom stereocenters. The van der Waals surface area contributed by atoms with E-state index in [1.807, 2.05) is 84.6 Å². The van der Waals surface area contributed by atoms with Crippen LogP contribution < -0.4 is 20.4 Å². The lowest BCUT2D eigenvalue weighted by Crippen LogP contribution is -2.16. The van der Waals surface area contributed by atoms with E-state index in [0.717, 1.165) is 44.3 Å². The van der Waals surface area contributed by atoms with Gasteiger partial charge in [-0.1, -0.05) is 18.2 Å². The molecule has 2 aliphatic rings. The summed E-state index contributed by atoms with van der Waals surface area (Å²) in [5, 5.41) is 47.5. The third kappa shape index (κ3) is 2.39. The molecule has 3 aromatic rings. The summed E-state index contributed by atoms with van der Waals surface area (Å²) in [6, 6.07) is 19.8. The van der Waals surface area contributed by atoms with Crippen molar-refractivity contribution in [2.75, 3.05) is 34.5 Å². The van der Waals surface area contributed by atoms with Gasteiger partial charge in [0.15, 0.2) is 11.1 Å². The summed E-state index contributed by atoms with van der Waals surface area (Å²) in [6.45, 7) is 0. The van der Waals surface area contributed by atoms with E-state index in [2.05, 4.69) is 10.6 Å². The van der Waals surface area contributed by atoms with Gasteiger partial charge >= 0.3 is 0 Å². The molecule has 0 radical (unpaired) electrons. The van der Waals surface area contributed by atoms with Gasteiger partial charge in [-0.2, -0.15) is 21.0 Å². The highest BCUT2D eigenvalue weighted by Gasteiger charge is 2.28. The van der Waals surface area contributed by atoms with Crippen molar-refractivity contribution in [3.63, 3.8) is 0 Å². The standard InChI is InChI=1S/C24H14N8/c1-31-21-8-18-13(7-20(21)30-23(31)14(9-25)10-26)3-4-17-16(18)5-6-19-22(17)32(2)24(29-19)15(11-27)12-28/h3-8,29-30H,1-2H3. The Labute approximate surface area is 183 Å². The quantitative estimate of drug-likeness (QED) is 0.413. The summed E-state index contributed by atoms with van der Waals surface area (Å²) in [6.07, 6.45) is 0. The number of hydrogen-bond donors (Lipinski definition) is 2. The molecule has 0 saturated heterocycles. The monoisotopic (exact) mass is 414 g/mol. The number of fused-ring (bicyclic) bond motifs is 6. The van der Waals surface area contributed by atoms with Crippen LogP contribution >= 0.6 is 0 Å². The molecule has 0 spiro atoms. The van der Waals surface area contributed by atoms with Crippen molar-refractivity contribution in [2.24, 2.45) is 0 Å². The third-order valence-corrected chi connectivity index (χ3v) is 5.90. The van der Waals surface area contributed by atoms with E-state index in [1.54, 1.807) is 0 Å². The first-order chi connectivity index (χ1) is 15.5. The fraction of sp³-hybridized carbons (Fsp3) is 0.0833. The maximum atomic E-state index is 9.30. The summed E-state index contributed by atoms with van der Waals surface area (Å²) < 4.78 is 0. The molecule has 8 heteroatoms. The molecule has 0 aliphatic carbocycles. The Morgan fingerprint density at radius 3 is 1.94 bits per heavy atom. The number of nitrogens with zero attached hydrogens (tertiary/aromatic N) is 6. The van der Waals surface area contributed by atoms with Crippen LogP contribution in [0.25, 0.3) is 21.5 Å². The highest BCUT2D eigenvalue weighted by molar-refractivity contribution is 6.17. The molecule has 0 bridgehead atoms. The lowest BCUT2D eigenvalue weighted by molar-refractivity contribution is 1.14. The van der Waals surface area contributed by atoms with Crippen LogP contribution in [0.15, 0.2) is 59.2 Å². The minimum Gasteiger partial charge on any atom is -0.338 e. The van der Waals surface area contributed by atoms with Gasteiger partial charge in [-0.25, -0.2) is 0 Å². The van der Waals surface area contributed by atoms with Crippen molar-refractivity contribution in [3.05, 3.63) is 59.2 Å². The van der Waals surface area contributed by atoms with Crippen molar-refractivity contribution >= 4 is 44.3 Å². The van der Waals surface area contributed by atoms with Crippen LogP contribution in [-0.4, -0.2) is 14.1 Å². The van der Waals surface area contributed by atoms with Crippen LogP contribution in [-0.2, 0) is 0 Å². The number of anilines is 4. The van der Waals surface area contributed by atoms with E-state index in [1.165, 1.54) is 0 Å². The molecule has 150 valence electrons. The number of hydrogen-bond acceptors (Lipinski definition) is 8. The molecule has 0 aromatic heterocycles. The molecule has 0 saturated carbocycles. The molecular weight excluding hydrogens is 400 g/mol. The fourth-order valence-corrected chi connectivity index (χ4v) is 4.38. The normalized spacial score (nSPS) is 13.4. The van der Waals surface area contributed by atoms with Crippen molar-refractivity contribution in [1.82, 2.24) is 0 Å².